The molecular formula is C25H36N6S. The first kappa shape index (κ1) is 22.8. The van der Waals surface area contributed by atoms with Gasteiger partial charge in [0.15, 0.2) is 5.11 Å². The van der Waals surface area contributed by atoms with E-state index < -0.39 is 0 Å². The lowest BCUT2D eigenvalue weighted by atomic mass is 10.00. The highest BCUT2D eigenvalue weighted by atomic mass is 32.1. The van der Waals surface area contributed by atoms with Crippen molar-refractivity contribution < 1.29 is 0 Å². The Kier molecular flexibility index (Phi) is 7.45. The van der Waals surface area contributed by atoms with Gasteiger partial charge >= 0.3 is 0 Å². The number of hydrogen-bond donors (Lipinski definition) is 2. The Morgan fingerprint density at radius 2 is 1.53 bits per heavy atom. The second kappa shape index (κ2) is 10.5. The minimum absolute atomic E-state index is 0.102. The number of aromatic nitrogens is 2. The highest BCUT2D eigenvalue weighted by Crippen LogP contribution is 2.28. The summed E-state index contributed by atoms with van der Waals surface area (Å²) in [4.78, 5) is 14.6. The monoisotopic (exact) mass is 452 g/mol. The summed E-state index contributed by atoms with van der Waals surface area (Å²) >= 11 is 5.62. The first-order chi connectivity index (χ1) is 15.5. The van der Waals surface area contributed by atoms with Gasteiger partial charge in [-0.2, -0.15) is 9.97 Å². The molecule has 2 saturated heterocycles. The molecule has 0 unspecified atom stereocenters. The lowest BCUT2D eigenvalue weighted by molar-refractivity contribution is 0.441. The van der Waals surface area contributed by atoms with Crippen molar-refractivity contribution in [3.63, 3.8) is 0 Å². The van der Waals surface area contributed by atoms with Crippen molar-refractivity contribution in [1.82, 2.24) is 15.3 Å². The summed E-state index contributed by atoms with van der Waals surface area (Å²) in [5.41, 5.74) is 1.19. The summed E-state index contributed by atoms with van der Waals surface area (Å²) in [6.07, 6.45) is 4.99. The van der Waals surface area contributed by atoms with Gasteiger partial charge in [0.05, 0.1) is 6.04 Å². The van der Waals surface area contributed by atoms with Gasteiger partial charge in [-0.05, 0) is 62.2 Å². The van der Waals surface area contributed by atoms with E-state index in [2.05, 4.69) is 59.4 Å². The zero-order chi connectivity index (χ0) is 22.5. The van der Waals surface area contributed by atoms with E-state index in [0.717, 1.165) is 37.8 Å². The van der Waals surface area contributed by atoms with Crippen LogP contribution in [0.25, 0.3) is 0 Å². The Hall–Kier alpha value is -2.41. The van der Waals surface area contributed by atoms with E-state index in [9.17, 15) is 0 Å². The van der Waals surface area contributed by atoms with Crippen molar-refractivity contribution in [2.24, 2.45) is 11.8 Å². The van der Waals surface area contributed by atoms with Crippen LogP contribution < -0.4 is 20.4 Å². The van der Waals surface area contributed by atoms with E-state index in [4.69, 9.17) is 22.2 Å². The Morgan fingerprint density at radius 3 is 2.06 bits per heavy atom. The molecule has 6 nitrogen and oxygen atoms in total. The van der Waals surface area contributed by atoms with Crippen LogP contribution in [0.1, 0.15) is 58.1 Å². The maximum atomic E-state index is 5.62. The van der Waals surface area contributed by atoms with Crippen molar-refractivity contribution in [2.45, 2.75) is 52.5 Å². The molecule has 3 atom stereocenters. The Labute approximate surface area is 197 Å². The number of nitrogens with one attached hydrogen (secondary N) is 2. The van der Waals surface area contributed by atoms with Crippen LogP contribution in [0.5, 0.6) is 0 Å². The van der Waals surface area contributed by atoms with Crippen molar-refractivity contribution in [1.29, 1.82) is 0 Å². The summed E-state index contributed by atoms with van der Waals surface area (Å²) < 4.78 is 0. The van der Waals surface area contributed by atoms with Crippen LogP contribution in [-0.4, -0.2) is 41.3 Å². The van der Waals surface area contributed by atoms with Gasteiger partial charge < -0.3 is 20.4 Å². The third-order valence-corrected chi connectivity index (χ3v) is 6.75. The Morgan fingerprint density at radius 1 is 0.969 bits per heavy atom. The normalized spacial score (nSPS) is 22.3. The number of hydrogen-bond acceptors (Lipinski definition) is 5. The van der Waals surface area contributed by atoms with Crippen LogP contribution in [0.3, 0.4) is 0 Å². The van der Waals surface area contributed by atoms with E-state index in [1.807, 2.05) is 18.2 Å². The topological polar surface area (TPSA) is 56.3 Å². The number of rotatable bonds is 5. The number of anilines is 3. The molecule has 7 heteroatoms. The predicted octanol–water partition coefficient (Wildman–Crippen LogP) is 5.00. The summed E-state index contributed by atoms with van der Waals surface area (Å²) in [6.45, 7) is 10.9. The second-order valence-corrected chi connectivity index (χ2v) is 9.93. The largest absolute Gasteiger partial charge is 0.356 e. The lowest BCUT2D eigenvalue weighted by Crippen LogP contribution is -2.37. The van der Waals surface area contributed by atoms with Crippen molar-refractivity contribution >= 4 is 34.9 Å². The Bertz CT molecular complexity index is 864. The van der Waals surface area contributed by atoms with Gasteiger partial charge in [0.25, 0.3) is 0 Å². The van der Waals surface area contributed by atoms with E-state index in [0.29, 0.717) is 22.9 Å². The van der Waals surface area contributed by atoms with Crippen molar-refractivity contribution in [2.75, 3.05) is 41.3 Å². The summed E-state index contributed by atoms with van der Waals surface area (Å²) in [6, 6.07) is 12.6. The van der Waals surface area contributed by atoms with Crippen LogP contribution in [-0.2, 0) is 0 Å². The van der Waals surface area contributed by atoms with Gasteiger partial charge in [-0.3, -0.25) is 0 Å². The SMILES string of the molecule is C[C@@H]1CCCN(c2cc(N3CCC[C@H](C)C3)nc(NC(=S)N[C@H](C)c3ccccc3)n2)C1. The maximum absolute atomic E-state index is 5.62. The highest BCUT2D eigenvalue weighted by molar-refractivity contribution is 7.80. The Balaban J connectivity index is 1.53. The maximum Gasteiger partial charge on any atom is 0.232 e. The minimum atomic E-state index is 0.102. The molecule has 0 amide bonds. The smallest absolute Gasteiger partial charge is 0.232 e. The van der Waals surface area contributed by atoms with Crippen LogP contribution in [0.15, 0.2) is 36.4 Å². The van der Waals surface area contributed by atoms with Crippen molar-refractivity contribution in [3.8, 4) is 0 Å². The standard InChI is InChI=1S/C25H36N6S/c1-18-9-7-13-30(16-18)22-15-23(31-14-8-10-19(2)17-31)28-24(27-22)29-25(32)26-20(3)21-11-5-4-6-12-21/h4-6,11-12,15,18-20H,7-10,13-14,16-17H2,1-3H3,(H2,26,27,28,29,32)/t18-,19+,20-/m1/s1. The zero-order valence-electron chi connectivity index (χ0n) is 19.6. The average molecular weight is 453 g/mol. The minimum Gasteiger partial charge on any atom is -0.356 e. The van der Waals surface area contributed by atoms with Gasteiger partial charge in [-0.25, -0.2) is 0 Å². The van der Waals surface area contributed by atoms with E-state index in [-0.39, 0.29) is 6.04 Å². The van der Waals surface area contributed by atoms with Gasteiger partial charge in [0.2, 0.25) is 5.95 Å². The molecule has 2 aliphatic rings. The molecule has 1 aromatic heterocycles. The molecular weight excluding hydrogens is 416 g/mol. The van der Waals surface area contributed by atoms with Crippen LogP contribution in [0.2, 0.25) is 0 Å². The average Bonchev–Trinajstić information content (AvgIpc) is 2.79. The molecule has 0 aliphatic carbocycles. The molecule has 32 heavy (non-hydrogen) atoms. The molecule has 0 bridgehead atoms. The van der Waals surface area contributed by atoms with E-state index in [1.54, 1.807) is 0 Å². The molecule has 2 fully saturated rings. The molecule has 0 radical (unpaired) electrons. The molecule has 0 saturated carbocycles. The molecule has 0 spiro atoms. The number of benzene rings is 1. The molecule has 2 aliphatic heterocycles. The molecule has 2 aromatic rings. The number of piperidine rings is 2. The number of nitrogens with zero attached hydrogens (tertiary/aromatic N) is 4. The summed E-state index contributed by atoms with van der Waals surface area (Å²) in [7, 11) is 0. The van der Waals surface area contributed by atoms with Crippen LogP contribution in [0.4, 0.5) is 17.6 Å². The van der Waals surface area contributed by atoms with Gasteiger partial charge in [0, 0.05) is 32.2 Å². The predicted molar refractivity (Wildman–Crippen MR) is 137 cm³/mol. The fourth-order valence-electron chi connectivity index (χ4n) is 4.76. The lowest BCUT2D eigenvalue weighted by Gasteiger charge is -2.35. The fraction of sp³-hybridized carbons (Fsp3) is 0.560. The fourth-order valence-corrected chi connectivity index (χ4v) is 5.02. The summed E-state index contributed by atoms with van der Waals surface area (Å²) in [5, 5.41) is 7.18. The summed E-state index contributed by atoms with van der Waals surface area (Å²) in [5.74, 6) is 3.94. The van der Waals surface area contributed by atoms with Gasteiger partial charge in [0.1, 0.15) is 11.6 Å². The van der Waals surface area contributed by atoms with E-state index in [1.165, 1.54) is 31.2 Å². The number of thiocarbonyl (C=S) groups is 1. The third-order valence-electron chi connectivity index (χ3n) is 6.53. The first-order valence-corrected chi connectivity index (χ1v) is 12.4. The van der Waals surface area contributed by atoms with Crippen molar-refractivity contribution in [3.05, 3.63) is 42.0 Å². The highest BCUT2D eigenvalue weighted by Gasteiger charge is 2.23. The molecule has 3 heterocycles. The van der Waals surface area contributed by atoms with Crippen LogP contribution in [0, 0.1) is 11.8 Å². The molecule has 1 aromatic carbocycles. The van der Waals surface area contributed by atoms with E-state index >= 15 is 0 Å². The molecule has 4 rings (SSSR count). The molecule has 2 N–H and O–H groups in total. The molecule has 172 valence electrons. The quantitative estimate of drug-likeness (QED) is 0.619. The van der Waals surface area contributed by atoms with Crippen LogP contribution >= 0.6 is 12.2 Å². The van der Waals surface area contributed by atoms with Gasteiger partial charge in [-0.15, -0.1) is 0 Å². The second-order valence-electron chi connectivity index (χ2n) is 9.53. The van der Waals surface area contributed by atoms with Gasteiger partial charge in [-0.1, -0.05) is 44.2 Å². The first-order valence-electron chi connectivity index (χ1n) is 12.0. The third kappa shape index (κ3) is 5.88. The zero-order valence-corrected chi connectivity index (χ0v) is 20.4.